The molecular formula is C27H29N3O3S. The van der Waals surface area contributed by atoms with E-state index in [-0.39, 0.29) is 23.2 Å². The van der Waals surface area contributed by atoms with Gasteiger partial charge in [0.1, 0.15) is 5.56 Å². The predicted octanol–water partition coefficient (Wildman–Crippen LogP) is 5.55. The molecule has 0 saturated carbocycles. The molecule has 1 N–H and O–H groups in total. The van der Waals surface area contributed by atoms with E-state index in [0.717, 1.165) is 30.8 Å². The summed E-state index contributed by atoms with van der Waals surface area (Å²) in [6, 6.07) is 26.0. The molecule has 7 heteroatoms. The molecule has 1 aliphatic rings. The van der Waals surface area contributed by atoms with Gasteiger partial charge in [0.15, 0.2) is 0 Å². The zero-order valence-electron chi connectivity index (χ0n) is 19.2. The van der Waals surface area contributed by atoms with E-state index in [0.29, 0.717) is 12.5 Å². The molecule has 1 amide bonds. The van der Waals surface area contributed by atoms with Crippen LogP contribution in [0.25, 0.3) is 0 Å². The van der Waals surface area contributed by atoms with Crippen molar-refractivity contribution in [2.24, 2.45) is 5.92 Å². The number of amides is 1. The first kappa shape index (κ1) is 24.0. The molecule has 6 nitrogen and oxygen atoms in total. The van der Waals surface area contributed by atoms with E-state index in [1.807, 2.05) is 18.4 Å². The number of benzene rings is 3. The predicted molar refractivity (Wildman–Crippen MR) is 136 cm³/mol. The Morgan fingerprint density at radius 2 is 1.62 bits per heavy atom. The second kappa shape index (κ2) is 11.3. The first-order valence-electron chi connectivity index (χ1n) is 11.5. The van der Waals surface area contributed by atoms with E-state index in [2.05, 4.69) is 58.7 Å². The molecule has 1 fully saturated rings. The van der Waals surface area contributed by atoms with Crippen LogP contribution >= 0.6 is 11.8 Å². The van der Waals surface area contributed by atoms with Gasteiger partial charge in [0.05, 0.1) is 11.0 Å². The Bertz CT molecular complexity index is 1080. The molecule has 1 heterocycles. The van der Waals surface area contributed by atoms with Crippen molar-refractivity contribution in [2.45, 2.75) is 23.8 Å². The summed E-state index contributed by atoms with van der Waals surface area (Å²) in [6.45, 7) is 2.38. The number of piperidine rings is 1. The molecule has 0 atom stereocenters. The van der Waals surface area contributed by atoms with E-state index >= 15 is 0 Å². The number of nitro benzene ring substituents is 1. The van der Waals surface area contributed by atoms with Gasteiger partial charge in [0.2, 0.25) is 0 Å². The van der Waals surface area contributed by atoms with E-state index in [9.17, 15) is 14.9 Å². The topological polar surface area (TPSA) is 75.5 Å². The number of carbonyl (C=O) groups is 1. The molecule has 0 unspecified atom stereocenters. The summed E-state index contributed by atoms with van der Waals surface area (Å²) in [5.74, 6) is -0.0355. The minimum absolute atomic E-state index is 0.127. The molecule has 176 valence electrons. The standard InChI is InChI=1S/C27H29N3O3S/c1-34-23-12-13-25(30(32)33)24(18-23)27(31)28-19-20-14-16-29(17-15-20)26(21-8-4-2-5-9-21)22-10-6-3-7-11-22/h2-13,18,20,26H,14-17,19H2,1H3,(H,28,31). The Morgan fingerprint density at radius 1 is 1.03 bits per heavy atom. The van der Waals surface area contributed by atoms with Crippen molar-refractivity contribution in [1.29, 1.82) is 0 Å². The zero-order valence-corrected chi connectivity index (χ0v) is 20.0. The molecule has 0 spiro atoms. The van der Waals surface area contributed by atoms with Crippen LogP contribution in [0.2, 0.25) is 0 Å². The highest BCUT2D eigenvalue weighted by Crippen LogP contribution is 2.32. The SMILES string of the molecule is CSc1ccc([N+](=O)[O-])c(C(=O)NCC2CCN(C(c3ccccc3)c3ccccc3)CC2)c1. The summed E-state index contributed by atoms with van der Waals surface area (Å²) in [5, 5.41) is 14.3. The third kappa shape index (κ3) is 5.66. The van der Waals surface area contributed by atoms with Crippen LogP contribution in [0.1, 0.15) is 40.4 Å². The van der Waals surface area contributed by atoms with Gasteiger partial charge in [0.25, 0.3) is 11.6 Å². The smallest absolute Gasteiger partial charge is 0.282 e. The maximum atomic E-state index is 12.8. The van der Waals surface area contributed by atoms with Gasteiger partial charge in [-0.25, -0.2) is 0 Å². The Hall–Kier alpha value is -3.16. The number of nitrogens with zero attached hydrogens (tertiary/aromatic N) is 2. The lowest BCUT2D eigenvalue weighted by atomic mass is 9.91. The van der Waals surface area contributed by atoms with Crippen molar-refractivity contribution in [3.8, 4) is 0 Å². The molecule has 0 aromatic heterocycles. The van der Waals surface area contributed by atoms with E-state index in [1.54, 1.807) is 12.1 Å². The minimum atomic E-state index is -0.495. The Labute approximate surface area is 204 Å². The molecule has 34 heavy (non-hydrogen) atoms. The number of thioether (sulfide) groups is 1. The lowest BCUT2D eigenvalue weighted by Crippen LogP contribution is -2.40. The highest BCUT2D eigenvalue weighted by Gasteiger charge is 2.28. The van der Waals surface area contributed by atoms with E-state index in [1.165, 1.54) is 29.0 Å². The number of hydrogen-bond donors (Lipinski definition) is 1. The van der Waals surface area contributed by atoms with Crippen molar-refractivity contribution in [2.75, 3.05) is 25.9 Å². The van der Waals surface area contributed by atoms with Crippen LogP contribution in [0.5, 0.6) is 0 Å². The zero-order chi connectivity index (χ0) is 23.9. The van der Waals surface area contributed by atoms with Crippen molar-refractivity contribution in [1.82, 2.24) is 10.2 Å². The average Bonchev–Trinajstić information content (AvgIpc) is 2.89. The minimum Gasteiger partial charge on any atom is -0.352 e. The fourth-order valence-corrected chi connectivity index (χ4v) is 5.06. The van der Waals surface area contributed by atoms with Gasteiger partial charge < -0.3 is 5.32 Å². The fourth-order valence-electron chi connectivity index (χ4n) is 4.62. The molecule has 1 aliphatic heterocycles. The van der Waals surface area contributed by atoms with Crippen LogP contribution in [-0.4, -0.2) is 41.6 Å². The van der Waals surface area contributed by atoms with Crippen molar-refractivity contribution < 1.29 is 9.72 Å². The summed E-state index contributed by atoms with van der Waals surface area (Å²) in [5.41, 5.74) is 2.53. The summed E-state index contributed by atoms with van der Waals surface area (Å²) in [6.07, 6.45) is 3.81. The Morgan fingerprint density at radius 3 is 2.15 bits per heavy atom. The van der Waals surface area contributed by atoms with Crippen molar-refractivity contribution in [3.63, 3.8) is 0 Å². The summed E-state index contributed by atoms with van der Waals surface area (Å²) < 4.78 is 0. The Balaban J connectivity index is 1.39. The fraction of sp³-hybridized carbons (Fsp3) is 0.296. The van der Waals surface area contributed by atoms with Gasteiger partial charge >= 0.3 is 0 Å². The maximum absolute atomic E-state index is 12.8. The summed E-state index contributed by atoms with van der Waals surface area (Å²) in [7, 11) is 0. The number of nitro groups is 1. The first-order chi connectivity index (χ1) is 16.6. The second-order valence-electron chi connectivity index (χ2n) is 8.55. The van der Waals surface area contributed by atoms with Gasteiger partial charge in [0, 0.05) is 17.5 Å². The lowest BCUT2D eigenvalue weighted by Gasteiger charge is -2.38. The molecular weight excluding hydrogens is 446 g/mol. The number of rotatable bonds is 8. The largest absolute Gasteiger partial charge is 0.352 e. The van der Waals surface area contributed by atoms with Crippen LogP contribution in [0.3, 0.4) is 0 Å². The number of carbonyl (C=O) groups excluding carboxylic acids is 1. The molecule has 3 aromatic carbocycles. The third-order valence-electron chi connectivity index (χ3n) is 6.44. The molecule has 4 rings (SSSR count). The molecule has 3 aromatic rings. The van der Waals surface area contributed by atoms with Crippen LogP contribution in [0.15, 0.2) is 83.8 Å². The molecule has 1 saturated heterocycles. The van der Waals surface area contributed by atoms with Crippen LogP contribution < -0.4 is 5.32 Å². The highest BCUT2D eigenvalue weighted by molar-refractivity contribution is 7.98. The quantitative estimate of drug-likeness (QED) is 0.263. The summed E-state index contributed by atoms with van der Waals surface area (Å²) in [4.78, 5) is 27.0. The normalized spacial score (nSPS) is 14.8. The highest BCUT2D eigenvalue weighted by atomic mass is 32.2. The number of nitrogens with one attached hydrogen (secondary N) is 1. The molecule has 0 bridgehead atoms. The summed E-state index contributed by atoms with van der Waals surface area (Å²) >= 11 is 1.46. The van der Waals surface area contributed by atoms with Crippen LogP contribution in [0.4, 0.5) is 5.69 Å². The Kier molecular flexibility index (Phi) is 7.98. The molecule has 0 radical (unpaired) electrons. The van der Waals surface area contributed by atoms with E-state index in [4.69, 9.17) is 0 Å². The van der Waals surface area contributed by atoms with Gasteiger partial charge in [-0.15, -0.1) is 11.8 Å². The van der Waals surface area contributed by atoms with Gasteiger partial charge in [-0.3, -0.25) is 19.8 Å². The lowest BCUT2D eigenvalue weighted by molar-refractivity contribution is -0.385. The average molecular weight is 476 g/mol. The van der Waals surface area contributed by atoms with Gasteiger partial charge in [-0.1, -0.05) is 60.7 Å². The van der Waals surface area contributed by atoms with E-state index < -0.39 is 4.92 Å². The molecule has 0 aliphatic carbocycles. The second-order valence-corrected chi connectivity index (χ2v) is 9.43. The monoisotopic (exact) mass is 475 g/mol. The first-order valence-corrected chi connectivity index (χ1v) is 12.7. The number of likely N-dealkylation sites (tertiary alicyclic amines) is 1. The van der Waals surface area contributed by atoms with Crippen molar-refractivity contribution >= 4 is 23.4 Å². The maximum Gasteiger partial charge on any atom is 0.282 e. The third-order valence-corrected chi connectivity index (χ3v) is 7.17. The van der Waals surface area contributed by atoms with Gasteiger partial charge in [-0.2, -0.15) is 0 Å². The van der Waals surface area contributed by atoms with Gasteiger partial charge in [-0.05, 0) is 61.4 Å². The van der Waals surface area contributed by atoms with Crippen molar-refractivity contribution in [3.05, 3.63) is 106 Å². The van der Waals surface area contributed by atoms with Crippen LogP contribution in [-0.2, 0) is 0 Å². The van der Waals surface area contributed by atoms with Crippen LogP contribution in [0, 0.1) is 16.0 Å². The number of hydrogen-bond acceptors (Lipinski definition) is 5.